The van der Waals surface area contributed by atoms with Gasteiger partial charge >= 0.3 is 11.9 Å². The van der Waals surface area contributed by atoms with Crippen LogP contribution in [0.4, 0.5) is 0 Å². The van der Waals surface area contributed by atoms with Gasteiger partial charge in [-0.1, -0.05) is 30.3 Å². The monoisotopic (exact) mass is 371 g/mol. The molecular weight excluding hydrogens is 350 g/mol. The van der Waals surface area contributed by atoms with Crippen LogP contribution in [0, 0.1) is 0 Å². The first-order valence-corrected chi connectivity index (χ1v) is 8.24. The van der Waals surface area contributed by atoms with Gasteiger partial charge < -0.3 is 19.5 Å². The number of hydrogen-bond acceptors (Lipinski definition) is 6. The number of carbonyl (C=O) groups is 3. The van der Waals surface area contributed by atoms with Gasteiger partial charge in [0.2, 0.25) is 0 Å². The van der Waals surface area contributed by atoms with E-state index in [0.29, 0.717) is 6.54 Å². The van der Waals surface area contributed by atoms with E-state index in [4.69, 9.17) is 4.74 Å². The number of rotatable bonds is 7. The molecule has 2 rings (SSSR count). The van der Waals surface area contributed by atoms with Crippen molar-refractivity contribution in [3.8, 4) is 5.75 Å². The van der Waals surface area contributed by atoms with Crippen LogP contribution in [0.5, 0.6) is 5.75 Å². The third kappa shape index (κ3) is 5.57. The molecule has 0 aromatic heterocycles. The number of hydrogen-bond donors (Lipinski definition) is 1. The van der Waals surface area contributed by atoms with E-state index in [1.54, 1.807) is 6.92 Å². The van der Waals surface area contributed by atoms with E-state index in [1.807, 2.05) is 30.3 Å². The summed E-state index contributed by atoms with van der Waals surface area (Å²) in [5, 5.41) is 2.77. The molecule has 0 bridgehead atoms. The first kappa shape index (κ1) is 20.0. The molecule has 142 valence electrons. The first-order valence-electron chi connectivity index (χ1n) is 8.24. The normalized spacial score (nSPS) is 11.2. The van der Waals surface area contributed by atoms with Crippen molar-refractivity contribution < 1.29 is 28.6 Å². The summed E-state index contributed by atoms with van der Waals surface area (Å²) in [6.07, 6.45) is -0.841. The first-order chi connectivity index (χ1) is 12.9. The molecule has 0 heterocycles. The lowest BCUT2D eigenvalue weighted by atomic mass is 10.1. The number of ether oxygens (including phenoxy) is 3. The second-order valence-electron chi connectivity index (χ2n) is 5.69. The van der Waals surface area contributed by atoms with Crippen LogP contribution in [-0.2, 0) is 20.8 Å². The quantitative estimate of drug-likeness (QED) is 0.752. The largest absolute Gasteiger partial charge is 0.481 e. The molecule has 0 fully saturated rings. The lowest BCUT2D eigenvalue weighted by Gasteiger charge is -2.16. The summed E-state index contributed by atoms with van der Waals surface area (Å²) in [5.41, 5.74) is 1.19. The highest BCUT2D eigenvalue weighted by atomic mass is 16.5. The maximum absolute atomic E-state index is 12.3. The van der Waals surface area contributed by atoms with E-state index in [0.717, 1.165) is 5.56 Å². The van der Waals surface area contributed by atoms with Crippen molar-refractivity contribution in [3.05, 3.63) is 65.2 Å². The van der Waals surface area contributed by atoms with Gasteiger partial charge in [-0.3, -0.25) is 4.79 Å². The average molecular weight is 371 g/mol. The molecule has 1 atom stereocenters. The van der Waals surface area contributed by atoms with Gasteiger partial charge in [-0.05, 0) is 30.7 Å². The second kappa shape index (κ2) is 9.38. The van der Waals surface area contributed by atoms with Gasteiger partial charge in [-0.25, -0.2) is 9.59 Å². The van der Waals surface area contributed by atoms with Crippen molar-refractivity contribution in [2.24, 2.45) is 0 Å². The Labute approximate surface area is 157 Å². The standard InChI is InChI=1S/C20H21NO6/c1-13(18(22)21-12-14-7-5-4-6-8-14)27-17-10-15(19(23)25-2)9-16(11-17)20(24)26-3/h4-11,13H,12H2,1-3H3,(H,21,22)/t13-/m1/s1. The molecule has 2 aromatic rings. The minimum Gasteiger partial charge on any atom is -0.481 e. The molecule has 0 aliphatic carbocycles. The predicted molar refractivity (Wildman–Crippen MR) is 97.5 cm³/mol. The molecule has 1 amide bonds. The minimum absolute atomic E-state index is 0.118. The number of benzene rings is 2. The maximum Gasteiger partial charge on any atom is 0.338 e. The molecule has 0 unspecified atom stereocenters. The Morgan fingerprint density at radius 2 is 1.48 bits per heavy atom. The summed E-state index contributed by atoms with van der Waals surface area (Å²) >= 11 is 0. The Morgan fingerprint density at radius 1 is 0.926 bits per heavy atom. The Balaban J connectivity index is 2.10. The van der Waals surface area contributed by atoms with E-state index in [9.17, 15) is 14.4 Å². The zero-order valence-corrected chi connectivity index (χ0v) is 15.4. The van der Waals surface area contributed by atoms with Gasteiger partial charge in [0.25, 0.3) is 5.91 Å². The third-order valence-electron chi connectivity index (χ3n) is 3.74. The van der Waals surface area contributed by atoms with E-state index in [1.165, 1.54) is 32.4 Å². The minimum atomic E-state index is -0.841. The number of nitrogens with one attached hydrogen (secondary N) is 1. The fraction of sp³-hybridized carbons (Fsp3) is 0.250. The number of carbonyl (C=O) groups excluding carboxylic acids is 3. The highest BCUT2D eigenvalue weighted by molar-refractivity contribution is 5.96. The molecule has 0 saturated heterocycles. The number of esters is 2. The molecule has 1 N–H and O–H groups in total. The van der Waals surface area contributed by atoms with Gasteiger partial charge in [0.1, 0.15) is 5.75 Å². The lowest BCUT2D eigenvalue weighted by Crippen LogP contribution is -2.36. The summed E-state index contributed by atoms with van der Waals surface area (Å²) in [7, 11) is 2.46. The fourth-order valence-corrected chi connectivity index (χ4v) is 2.32. The van der Waals surface area contributed by atoms with Crippen molar-refractivity contribution in [3.63, 3.8) is 0 Å². The lowest BCUT2D eigenvalue weighted by molar-refractivity contribution is -0.127. The second-order valence-corrected chi connectivity index (χ2v) is 5.69. The topological polar surface area (TPSA) is 90.9 Å². The van der Waals surface area contributed by atoms with Gasteiger partial charge in [-0.15, -0.1) is 0 Å². The van der Waals surface area contributed by atoms with Gasteiger partial charge in [0.05, 0.1) is 25.3 Å². The van der Waals surface area contributed by atoms with E-state index >= 15 is 0 Å². The fourth-order valence-electron chi connectivity index (χ4n) is 2.32. The Bertz CT molecular complexity index is 784. The van der Waals surface area contributed by atoms with Crippen LogP contribution >= 0.6 is 0 Å². The highest BCUT2D eigenvalue weighted by Crippen LogP contribution is 2.20. The van der Waals surface area contributed by atoms with Crippen molar-refractivity contribution in [2.45, 2.75) is 19.6 Å². The molecule has 0 spiro atoms. The maximum atomic E-state index is 12.3. The zero-order valence-electron chi connectivity index (χ0n) is 15.4. The van der Waals surface area contributed by atoms with Gasteiger partial charge in [0, 0.05) is 6.54 Å². The Morgan fingerprint density at radius 3 is 2.00 bits per heavy atom. The third-order valence-corrected chi connectivity index (χ3v) is 3.74. The molecule has 0 saturated carbocycles. The van der Waals surface area contributed by atoms with Crippen LogP contribution < -0.4 is 10.1 Å². The van der Waals surface area contributed by atoms with Gasteiger partial charge in [0.15, 0.2) is 6.10 Å². The van der Waals surface area contributed by atoms with Crippen LogP contribution in [0.25, 0.3) is 0 Å². The summed E-state index contributed by atoms with van der Waals surface area (Å²) in [5.74, 6) is -1.42. The van der Waals surface area contributed by atoms with Crippen molar-refractivity contribution in [1.29, 1.82) is 0 Å². The van der Waals surface area contributed by atoms with Crippen molar-refractivity contribution >= 4 is 17.8 Å². The summed E-state index contributed by atoms with van der Waals surface area (Å²) in [4.78, 5) is 35.8. The molecular formula is C20H21NO6. The van der Waals surface area contributed by atoms with E-state index in [2.05, 4.69) is 14.8 Å². The summed E-state index contributed by atoms with van der Waals surface area (Å²) in [6, 6.07) is 13.6. The molecule has 0 aliphatic rings. The van der Waals surface area contributed by atoms with Crippen LogP contribution in [0.3, 0.4) is 0 Å². The SMILES string of the molecule is COC(=O)c1cc(O[C@H](C)C(=O)NCc2ccccc2)cc(C(=O)OC)c1. The zero-order chi connectivity index (χ0) is 19.8. The number of methoxy groups -OCH3 is 2. The molecule has 2 aromatic carbocycles. The van der Waals surface area contributed by atoms with E-state index < -0.39 is 18.0 Å². The van der Waals surface area contributed by atoms with Crippen LogP contribution in [0.15, 0.2) is 48.5 Å². The molecule has 0 radical (unpaired) electrons. The Hall–Kier alpha value is -3.35. The van der Waals surface area contributed by atoms with Crippen molar-refractivity contribution in [1.82, 2.24) is 5.32 Å². The summed E-state index contributed by atoms with van der Waals surface area (Å²) in [6.45, 7) is 1.94. The Kier molecular flexibility index (Phi) is 6.93. The van der Waals surface area contributed by atoms with E-state index in [-0.39, 0.29) is 22.8 Å². The molecule has 7 heteroatoms. The number of amides is 1. The van der Waals surface area contributed by atoms with Crippen LogP contribution in [0.2, 0.25) is 0 Å². The molecule has 27 heavy (non-hydrogen) atoms. The van der Waals surface area contributed by atoms with Crippen molar-refractivity contribution in [2.75, 3.05) is 14.2 Å². The predicted octanol–water partition coefficient (Wildman–Crippen LogP) is 2.34. The van der Waals surface area contributed by atoms with Crippen LogP contribution in [0.1, 0.15) is 33.2 Å². The smallest absolute Gasteiger partial charge is 0.338 e. The average Bonchev–Trinajstić information content (AvgIpc) is 2.71. The molecule has 7 nitrogen and oxygen atoms in total. The van der Waals surface area contributed by atoms with Gasteiger partial charge in [-0.2, -0.15) is 0 Å². The van der Waals surface area contributed by atoms with Crippen LogP contribution in [-0.4, -0.2) is 38.2 Å². The highest BCUT2D eigenvalue weighted by Gasteiger charge is 2.18. The molecule has 0 aliphatic heterocycles. The summed E-state index contributed by atoms with van der Waals surface area (Å²) < 4.78 is 15.0.